The van der Waals surface area contributed by atoms with Crippen LogP contribution in [-0.4, -0.2) is 35.9 Å². The predicted octanol–water partition coefficient (Wildman–Crippen LogP) is 2.13. The largest absolute Gasteiger partial charge is 0.446 e. The Morgan fingerprint density at radius 1 is 1.16 bits per heavy atom. The molecule has 0 aromatic carbocycles. The van der Waals surface area contributed by atoms with Gasteiger partial charge in [0.25, 0.3) is 12.5 Å². The van der Waals surface area contributed by atoms with Gasteiger partial charge in [0, 0.05) is 0 Å². The first-order chi connectivity index (χ1) is 8.70. The fourth-order valence-electron chi connectivity index (χ4n) is 3.01. The lowest BCUT2D eigenvalue weighted by Crippen LogP contribution is -2.42. The molecule has 2 rings (SSSR count). The highest BCUT2D eigenvalue weighted by Gasteiger charge is 2.53. The molecule has 2 saturated carbocycles. The summed E-state index contributed by atoms with van der Waals surface area (Å²) in [6, 6.07) is 0. The molecule has 5 unspecified atom stereocenters. The van der Waals surface area contributed by atoms with Gasteiger partial charge in [0.1, 0.15) is 0 Å². The molecule has 110 valence electrons. The van der Waals surface area contributed by atoms with Crippen LogP contribution < -0.4 is 0 Å². The Kier molecular flexibility index (Phi) is 3.72. The minimum Gasteiger partial charge on any atom is -0.446 e. The molecule has 0 spiro atoms. The molecular weight excluding hydrogens is 275 g/mol. The number of halogens is 5. The summed E-state index contributed by atoms with van der Waals surface area (Å²) in [5, 5.41) is 9.47. The number of aliphatic hydroxyl groups excluding tert-OH is 1. The monoisotopic (exact) mass is 288 g/mol. The van der Waals surface area contributed by atoms with Gasteiger partial charge in [-0.15, -0.1) is 0 Å². The van der Waals surface area contributed by atoms with Crippen molar-refractivity contribution >= 4 is 5.97 Å². The molecule has 0 amide bonds. The van der Waals surface area contributed by atoms with Crippen LogP contribution in [0.1, 0.15) is 19.3 Å². The maximum absolute atomic E-state index is 12.3. The molecule has 2 fully saturated rings. The molecule has 2 aliphatic carbocycles. The van der Waals surface area contributed by atoms with Gasteiger partial charge < -0.3 is 9.84 Å². The van der Waals surface area contributed by atoms with Gasteiger partial charge in [-0.2, -0.15) is 13.2 Å². The summed E-state index contributed by atoms with van der Waals surface area (Å²) in [5.74, 6) is -2.45. The molecule has 2 bridgehead atoms. The van der Waals surface area contributed by atoms with Crippen molar-refractivity contribution in [1.82, 2.24) is 0 Å². The third-order valence-electron chi connectivity index (χ3n) is 3.92. The highest BCUT2D eigenvalue weighted by molar-refractivity contribution is 5.73. The molecular formula is C11H13F5O3. The first kappa shape index (κ1) is 14.5. The zero-order valence-electron chi connectivity index (χ0n) is 9.74. The van der Waals surface area contributed by atoms with E-state index in [0.29, 0.717) is 12.8 Å². The second-order valence-corrected chi connectivity index (χ2v) is 5.13. The second kappa shape index (κ2) is 4.88. The summed E-state index contributed by atoms with van der Waals surface area (Å²) in [7, 11) is 0. The van der Waals surface area contributed by atoms with E-state index < -0.39 is 36.7 Å². The molecule has 0 heterocycles. The standard InChI is InChI=1S/C11H13F5O3/c12-9(13)8(11(14,15)16)19-10(18)6-2-5-1-4(6)3-7(5)17/h4-9,17H,1-3H2. The number of carbonyl (C=O) groups is 1. The fraction of sp³-hybridized carbons (Fsp3) is 0.909. The van der Waals surface area contributed by atoms with Crippen LogP contribution in [-0.2, 0) is 9.53 Å². The van der Waals surface area contributed by atoms with Gasteiger partial charge >= 0.3 is 12.1 Å². The van der Waals surface area contributed by atoms with Crippen LogP contribution in [0.5, 0.6) is 0 Å². The summed E-state index contributed by atoms with van der Waals surface area (Å²) in [6.07, 6.45) is -11.9. The van der Waals surface area contributed by atoms with Crippen molar-refractivity contribution in [2.75, 3.05) is 0 Å². The Balaban J connectivity index is 1.98. The van der Waals surface area contributed by atoms with Gasteiger partial charge in [-0.1, -0.05) is 0 Å². The minimum atomic E-state index is -5.28. The molecule has 1 N–H and O–H groups in total. The maximum atomic E-state index is 12.3. The van der Waals surface area contributed by atoms with Gasteiger partial charge in [-0.3, -0.25) is 4.79 Å². The van der Waals surface area contributed by atoms with Crippen LogP contribution in [0.4, 0.5) is 22.0 Å². The van der Waals surface area contributed by atoms with E-state index in [4.69, 9.17) is 0 Å². The number of alkyl halides is 5. The van der Waals surface area contributed by atoms with Gasteiger partial charge in [0.15, 0.2) is 0 Å². The predicted molar refractivity (Wildman–Crippen MR) is 52.3 cm³/mol. The highest BCUT2D eigenvalue weighted by Crippen LogP contribution is 2.49. The zero-order valence-corrected chi connectivity index (χ0v) is 9.74. The van der Waals surface area contributed by atoms with Crippen molar-refractivity contribution in [3.8, 4) is 0 Å². The fourth-order valence-corrected chi connectivity index (χ4v) is 3.01. The molecule has 5 atom stereocenters. The Bertz CT molecular complexity index is 355. The van der Waals surface area contributed by atoms with Crippen molar-refractivity contribution in [1.29, 1.82) is 0 Å². The Labute approximate surface area is 105 Å². The molecule has 0 radical (unpaired) electrons. The number of hydrogen-bond donors (Lipinski definition) is 1. The van der Waals surface area contributed by atoms with E-state index in [2.05, 4.69) is 4.74 Å². The molecule has 19 heavy (non-hydrogen) atoms. The lowest BCUT2D eigenvalue weighted by Gasteiger charge is -2.26. The van der Waals surface area contributed by atoms with E-state index >= 15 is 0 Å². The Hall–Kier alpha value is -0.920. The summed E-state index contributed by atoms with van der Waals surface area (Å²) < 4.78 is 65.3. The summed E-state index contributed by atoms with van der Waals surface area (Å²) in [5.41, 5.74) is 0. The molecule has 0 aliphatic heterocycles. The van der Waals surface area contributed by atoms with Crippen LogP contribution in [0, 0.1) is 17.8 Å². The van der Waals surface area contributed by atoms with Gasteiger partial charge in [0.2, 0.25) is 0 Å². The molecule has 0 aromatic heterocycles. The van der Waals surface area contributed by atoms with Crippen LogP contribution in [0.25, 0.3) is 0 Å². The van der Waals surface area contributed by atoms with E-state index in [1.807, 2.05) is 0 Å². The number of carbonyl (C=O) groups excluding carboxylic acids is 1. The number of fused-ring (bicyclic) bond motifs is 2. The minimum absolute atomic E-state index is 0.140. The van der Waals surface area contributed by atoms with Crippen LogP contribution in [0.2, 0.25) is 0 Å². The van der Waals surface area contributed by atoms with E-state index in [1.165, 1.54) is 0 Å². The normalized spacial score (nSPS) is 35.7. The maximum Gasteiger partial charge on any atom is 0.431 e. The van der Waals surface area contributed by atoms with E-state index in [9.17, 15) is 31.9 Å². The molecule has 0 saturated heterocycles. The van der Waals surface area contributed by atoms with Crippen LogP contribution in [0.3, 0.4) is 0 Å². The van der Waals surface area contributed by atoms with E-state index in [1.54, 1.807) is 0 Å². The van der Waals surface area contributed by atoms with Gasteiger partial charge in [-0.25, -0.2) is 8.78 Å². The lowest BCUT2D eigenvalue weighted by molar-refractivity contribution is -0.251. The number of ether oxygens (including phenoxy) is 1. The van der Waals surface area contributed by atoms with E-state index in [0.717, 1.165) is 0 Å². The number of rotatable bonds is 3. The third-order valence-corrected chi connectivity index (χ3v) is 3.92. The van der Waals surface area contributed by atoms with E-state index in [-0.39, 0.29) is 18.3 Å². The quantitative estimate of drug-likeness (QED) is 0.639. The molecule has 0 aromatic rings. The average molecular weight is 288 g/mol. The number of hydrogen-bond acceptors (Lipinski definition) is 3. The molecule has 3 nitrogen and oxygen atoms in total. The summed E-state index contributed by atoms with van der Waals surface area (Å²) in [6.45, 7) is 0. The molecule has 8 heteroatoms. The zero-order chi connectivity index (χ0) is 14.4. The Morgan fingerprint density at radius 2 is 1.79 bits per heavy atom. The number of aliphatic hydroxyl groups is 1. The third kappa shape index (κ3) is 2.82. The lowest BCUT2D eigenvalue weighted by atomic mass is 9.87. The van der Waals surface area contributed by atoms with Gasteiger partial charge in [0.05, 0.1) is 12.0 Å². The van der Waals surface area contributed by atoms with Crippen LogP contribution in [0.15, 0.2) is 0 Å². The Morgan fingerprint density at radius 3 is 2.16 bits per heavy atom. The van der Waals surface area contributed by atoms with Crippen LogP contribution >= 0.6 is 0 Å². The smallest absolute Gasteiger partial charge is 0.431 e. The summed E-state index contributed by atoms with van der Waals surface area (Å²) >= 11 is 0. The number of esters is 1. The topological polar surface area (TPSA) is 46.5 Å². The first-order valence-electron chi connectivity index (χ1n) is 5.93. The highest BCUT2D eigenvalue weighted by atomic mass is 19.4. The molecule has 2 aliphatic rings. The van der Waals surface area contributed by atoms with Crippen molar-refractivity contribution in [2.24, 2.45) is 17.8 Å². The summed E-state index contributed by atoms with van der Waals surface area (Å²) in [4.78, 5) is 11.6. The average Bonchev–Trinajstić information content (AvgIpc) is 2.81. The van der Waals surface area contributed by atoms with Crippen molar-refractivity contribution < 1.29 is 36.6 Å². The van der Waals surface area contributed by atoms with Crippen molar-refractivity contribution in [3.63, 3.8) is 0 Å². The van der Waals surface area contributed by atoms with Gasteiger partial charge in [-0.05, 0) is 31.1 Å². The SMILES string of the molecule is O=C(OC(C(F)F)C(F)(F)F)C1CC2CC1CC2O. The first-order valence-corrected chi connectivity index (χ1v) is 5.93. The van der Waals surface area contributed by atoms with Crippen molar-refractivity contribution in [3.05, 3.63) is 0 Å². The second-order valence-electron chi connectivity index (χ2n) is 5.13. The van der Waals surface area contributed by atoms with Crippen molar-refractivity contribution in [2.45, 2.75) is 44.1 Å².